The Hall–Kier alpha value is -0.320. The Balaban J connectivity index is 1.59. The zero-order valence-corrected chi connectivity index (χ0v) is 13.8. The van der Waals surface area contributed by atoms with Crippen LogP contribution >= 0.6 is 23.2 Å². The van der Waals surface area contributed by atoms with E-state index in [4.69, 9.17) is 23.2 Å². The molecule has 1 saturated heterocycles. The van der Waals surface area contributed by atoms with Crippen molar-refractivity contribution in [1.82, 2.24) is 10.2 Å². The molecule has 0 amide bonds. The number of unbranched alkanes of at least 4 members (excludes halogenated alkanes) is 1. The second kappa shape index (κ2) is 8.96. The summed E-state index contributed by atoms with van der Waals surface area (Å²) in [6.45, 7) is 4.25. The van der Waals surface area contributed by atoms with Gasteiger partial charge in [0, 0.05) is 12.6 Å². The predicted molar refractivity (Wildman–Crippen MR) is 89.1 cm³/mol. The quantitative estimate of drug-likeness (QED) is 0.718. The van der Waals surface area contributed by atoms with Crippen LogP contribution in [0.3, 0.4) is 0 Å². The fourth-order valence-electron chi connectivity index (χ4n) is 2.87. The van der Waals surface area contributed by atoms with E-state index in [1.165, 1.54) is 6.42 Å². The molecule has 1 aromatic rings. The fourth-order valence-corrected chi connectivity index (χ4v) is 3.26. The van der Waals surface area contributed by atoms with E-state index in [-0.39, 0.29) is 0 Å². The molecule has 0 aromatic heterocycles. The number of benzene rings is 1. The molecule has 2 N–H and O–H groups in total. The minimum absolute atomic E-state index is 0.297. The highest BCUT2D eigenvalue weighted by Crippen LogP contribution is 2.25. The number of hydrogen-bond acceptors (Lipinski definition) is 3. The first-order valence-corrected chi connectivity index (χ1v) is 8.46. The maximum absolute atomic E-state index is 9.27. The molecule has 1 aromatic carbocycles. The summed E-state index contributed by atoms with van der Waals surface area (Å²) in [6.07, 6.45) is 4.65. The molecule has 1 atom stereocenters. The van der Waals surface area contributed by atoms with Crippen molar-refractivity contribution >= 4 is 23.2 Å². The van der Waals surface area contributed by atoms with E-state index < -0.39 is 0 Å². The smallest absolute Gasteiger partial charge is 0.0637 e. The Morgan fingerprint density at radius 2 is 2.14 bits per heavy atom. The second-order valence-corrected chi connectivity index (χ2v) is 6.40. The van der Waals surface area contributed by atoms with Crippen LogP contribution in [-0.2, 0) is 6.54 Å². The first-order chi connectivity index (χ1) is 10.2. The largest absolute Gasteiger partial charge is 0.395 e. The van der Waals surface area contributed by atoms with Crippen LogP contribution < -0.4 is 5.32 Å². The van der Waals surface area contributed by atoms with Gasteiger partial charge in [-0.2, -0.15) is 0 Å². The van der Waals surface area contributed by atoms with Gasteiger partial charge in [0.05, 0.1) is 16.7 Å². The molecule has 1 aliphatic rings. The summed E-state index contributed by atoms with van der Waals surface area (Å²) < 4.78 is 0. The van der Waals surface area contributed by atoms with Gasteiger partial charge in [0.2, 0.25) is 0 Å². The van der Waals surface area contributed by atoms with Crippen molar-refractivity contribution in [2.45, 2.75) is 38.3 Å². The Labute approximate surface area is 137 Å². The van der Waals surface area contributed by atoms with E-state index in [1.54, 1.807) is 6.07 Å². The van der Waals surface area contributed by atoms with Gasteiger partial charge >= 0.3 is 0 Å². The SMILES string of the molecule is OCC1CCCN1CCCCNCc1cccc(Cl)c1Cl. The van der Waals surface area contributed by atoms with Crippen LogP contribution in [0.1, 0.15) is 31.2 Å². The van der Waals surface area contributed by atoms with Gasteiger partial charge in [0.25, 0.3) is 0 Å². The summed E-state index contributed by atoms with van der Waals surface area (Å²) in [5.41, 5.74) is 1.05. The summed E-state index contributed by atoms with van der Waals surface area (Å²) in [6, 6.07) is 6.12. The summed E-state index contributed by atoms with van der Waals surface area (Å²) in [5, 5.41) is 13.9. The van der Waals surface area contributed by atoms with Crippen molar-refractivity contribution in [3.05, 3.63) is 33.8 Å². The van der Waals surface area contributed by atoms with Crippen LogP contribution in [0.25, 0.3) is 0 Å². The van der Waals surface area contributed by atoms with E-state index in [1.807, 2.05) is 12.1 Å². The molecule has 0 aliphatic carbocycles. The molecule has 0 spiro atoms. The molecule has 0 saturated carbocycles. The number of hydrogen-bond donors (Lipinski definition) is 2. The Bertz CT molecular complexity index is 442. The van der Waals surface area contributed by atoms with Gasteiger partial charge in [0.15, 0.2) is 0 Å². The normalized spacial score (nSPS) is 19.3. The lowest BCUT2D eigenvalue weighted by atomic mass is 10.2. The van der Waals surface area contributed by atoms with E-state index in [0.29, 0.717) is 22.7 Å². The third-order valence-electron chi connectivity index (χ3n) is 4.11. The van der Waals surface area contributed by atoms with Crippen molar-refractivity contribution in [2.75, 3.05) is 26.2 Å². The number of likely N-dealkylation sites (tertiary alicyclic amines) is 1. The molecule has 118 valence electrons. The molecule has 21 heavy (non-hydrogen) atoms. The van der Waals surface area contributed by atoms with Crippen LogP contribution in [0, 0.1) is 0 Å². The van der Waals surface area contributed by atoms with Gasteiger partial charge in [0.1, 0.15) is 0 Å². The van der Waals surface area contributed by atoms with Crippen LogP contribution in [0.15, 0.2) is 18.2 Å². The van der Waals surface area contributed by atoms with E-state index in [0.717, 1.165) is 51.0 Å². The number of nitrogens with one attached hydrogen (secondary N) is 1. The average molecular weight is 331 g/mol. The number of nitrogens with zero attached hydrogens (tertiary/aromatic N) is 1. The molecular formula is C16H24Cl2N2O. The second-order valence-electron chi connectivity index (χ2n) is 5.61. The standard InChI is InChI=1S/C16H24Cl2N2O/c17-15-7-3-5-13(16(15)18)11-19-8-1-2-9-20-10-4-6-14(20)12-21/h3,5,7,14,19,21H,1-2,4,6,8-12H2. The molecule has 2 rings (SSSR count). The maximum Gasteiger partial charge on any atom is 0.0637 e. The van der Waals surface area contributed by atoms with Crippen LogP contribution in [0.5, 0.6) is 0 Å². The zero-order chi connectivity index (χ0) is 15.1. The highest BCUT2D eigenvalue weighted by molar-refractivity contribution is 6.42. The van der Waals surface area contributed by atoms with Crippen LogP contribution in [0.4, 0.5) is 0 Å². The lowest BCUT2D eigenvalue weighted by molar-refractivity contribution is 0.157. The van der Waals surface area contributed by atoms with Crippen LogP contribution in [-0.4, -0.2) is 42.3 Å². The van der Waals surface area contributed by atoms with Gasteiger partial charge in [-0.15, -0.1) is 0 Å². The zero-order valence-electron chi connectivity index (χ0n) is 12.3. The first-order valence-electron chi connectivity index (χ1n) is 7.71. The monoisotopic (exact) mass is 330 g/mol. The van der Waals surface area contributed by atoms with Crippen molar-refractivity contribution in [3.8, 4) is 0 Å². The molecule has 5 heteroatoms. The lowest BCUT2D eigenvalue weighted by Gasteiger charge is -2.22. The Kier molecular flexibility index (Phi) is 7.27. The number of halogens is 2. The van der Waals surface area contributed by atoms with E-state index in [2.05, 4.69) is 10.2 Å². The Morgan fingerprint density at radius 1 is 1.29 bits per heavy atom. The van der Waals surface area contributed by atoms with Gasteiger partial charge < -0.3 is 10.4 Å². The summed E-state index contributed by atoms with van der Waals surface area (Å²) >= 11 is 12.1. The third kappa shape index (κ3) is 5.11. The molecule has 1 fully saturated rings. The first kappa shape index (κ1) is 17.0. The molecule has 0 bridgehead atoms. The fraction of sp³-hybridized carbons (Fsp3) is 0.625. The lowest BCUT2D eigenvalue weighted by Crippen LogP contribution is -2.33. The van der Waals surface area contributed by atoms with Crippen molar-refractivity contribution in [3.63, 3.8) is 0 Å². The Morgan fingerprint density at radius 3 is 2.95 bits per heavy atom. The van der Waals surface area contributed by atoms with Gasteiger partial charge in [-0.3, -0.25) is 4.90 Å². The third-order valence-corrected chi connectivity index (χ3v) is 4.96. The number of rotatable bonds is 8. The molecule has 0 radical (unpaired) electrons. The van der Waals surface area contributed by atoms with Gasteiger partial charge in [-0.25, -0.2) is 0 Å². The van der Waals surface area contributed by atoms with E-state index in [9.17, 15) is 5.11 Å². The van der Waals surface area contributed by atoms with Crippen LogP contribution in [0.2, 0.25) is 10.0 Å². The van der Waals surface area contributed by atoms with Crippen molar-refractivity contribution < 1.29 is 5.11 Å². The van der Waals surface area contributed by atoms with Gasteiger partial charge in [-0.1, -0.05) is 35.3 Å². The van der Waals surface area contributed by atoms with Crippen molar-refractivity contribution in [2.24, 2.45) is 0 Å². The highest BCUT2D eigenvalue weighted by atomic mass is 35.5. The number of aliphatic hydroxyl groups is 1. The molecule has 1 heterocycles. The van der Waals surface area contributed by atoms with E-state index >= 15 is 0 Å². The summed E-state index contributed by atoms with van der Waals surface area (Å²) in [4.78, 5) is 2.41. The topological polar surface area (TPSA) is 35.5 Å². The minimum Gasteiger partial charge on any atom is -0.395 e. The molecule has 1 aliphatic heterocycles. The highest BCUT2D eigenvalue weighted by Gasteiger charge is 2.22. The number of aliphatic hydroxyl groups excluding tert-OH is 1. The molecule has 1 unspecified atom stereocenters. The maximum atomic E-state index is 9.27. The average Bonchev–Trinajstić information content (AvgIpc) is 2.94. The van der Waals surface area contributed by atoms with Gasteiger partial charge in [-0.05, 0) is 56.9 Å². The van der Waals surface area contributed by atoms with Crippen molar-refractivity contribution in [1.29, 1.82) is 0 Å². The minimum atomic E-state index is 0.297. The predicted octanol–water partition coefficient (Wildman–Crippen LogP) is 3.32. The molecule has 3 nitrogen and oxygen atoms in total. The summed E-state index contributed by atoms with van der Waals surface area (Å²) in [7, 11) is 0. The summed E-state index contributed by atoms with van der Waals surface area (Å²) in [5.74, 6) is 0. The molecular weight excluding hydrogens is 307 g/mol.